The quantitative estimate of drug-likeness (QED) is 0.0990. The summed E-state index contributed by atoms with van der Waals surface area (Å²) in [7, 11) is -4.38. The van der Waals surface area contributed by atoms with Crippen molar-refractivity contribution in [3.05, 3.63) is 108 Å². The van der Waals surface area contributed by atoms with Crippen molar-refractivity contribution in [1.82, 2.24) is 15.2 Å². The maximum absolute atomic E-state index is 15.5. The Hall–Kier alpha value is -2.35. The van der Waals surface area contributed by atoms with Crippen LogP contribution in [0.4, 0.5) is 0 Å². The fourth-order valence-corrected chi connectivity index (χ4v) is 8.56. The Bertz CT molecular complexity index is 1230. The molecule has 0 fully saturated rings. The number of benzene rings is 3. The van der Waals surface area contributed by atoms with E-state index in [1.807, 2.05) is 96.1 Å². The fourth-order valence-electron chi connectivity index (χ4n) is 6.60. The van der Waals surface area contributed by atoms with Crippen molar-refractivity contribution in [3.8, 4) is 0 Å². The van der Waals surface area contributed by atoms with Crippen LogP contribution in [0.2, 0.25) is 0 Å². The van der Waals surface area contributed by atoms with Crippen molar-refractivity contribution in [1.29, 1.82) is 0 Å². The molecule has 0 N–H and O–H groups in total. The monoisotopic (exact) mass is 665 g/mol. The number of nitrogens with zero attached hydrogens (tertiary/aromatic N) is 3. The van der Waals surface area contributed by atoms with Crippen LogP contribution in [0, 0.1) is 0 Å². The van der Waals surface area contributed by atoms with Gasteiger partial charge in [-0.2, -0.15) is 29.1 Å². The molecule has 3 aromatic rings. The largest absolute Gasteiger partial charge is 0.525 e. The topological polar surface area (TPSA) is 54.5 Å². The summed E-state index contributed by atoms with van der Waals surface area (Å²) >= 11 is 0. The summed E-state index contributed by atoms with van der Waals surface area (Å²) < 4.78 is 35.4. The van der Waals surface area contributed by atoms with E-state index in [0.29, 0.717) is 19.3 Å². The summed E-state index contributed by atoms with van der Waals surface area (Å²) in [6.07, 6.45) is 2.02. The lowest BCUT2D eigenvalue weighted by molar-refractivity contribution is -0.258. The van der Waals surface area contributed by atoms with Gasteiger partial charge in [0.1, 0.15) is 0 Å². The van der Waals surface area contributed by atoms with Crippen molar-refractivity contribution in [2.75, 3.05) is 0 Å². The van der Waals surface area contributed by atoms with Crippen molar-refractivity contribution >= 4 is 7.82 Å². The molecule has 0 atom stereocenters. The van der Waals surface area contributed by atoms with Gasteiger partial charge in [-0.3, -0.25) is 0 Å². The smallest absolute Gasteiger partial charge is 0.223 e. The maximum Gasteiger partial charge on any atom is 0.525 e. The van der Waals surface area contributed by atoms with E-state index >= 15 is 4.57 Å². The van der Waals surface area contributed by atoms with Gasteiger partial charge in [0.15, 0.2) is 0 Å². The van der Waals surface area contributed by atoms with E-state index in [4.69, 9.17) is 13.9 Å². The van der Waals surface area contributed by atoms with E-state index in [9.17, 15) is 0 Å². The molecule has 0 amide bonds. The van der Waals surface area contributed by atoms with E-state index < -0.39 is 24.4 Å². The Balaban J connectivity index is 2.07. The van der Waals surface area contributed by atoms with Crippen LogP contribution < -0.4 is 0 Å². The molecule has 0 heterocycles. The number of rotatable bonds is 18. The minimum atomic E-state index is -4.38. The molecular formula is C39H60N3O4P. The second kappa shape index (κ2) is 16.4. The third kappa shape index (κ3) is 11.4. The van der Waals surface area contributed by atoms with E-state index in [1.54, 1.807) is 15.2 Å². The summed E-state index contributed by atoms with van der Waals surface area (Å²) in [4.78, 5) is 0. The van der Waals surface area contributed by atoms with Crippen LogP contribution in [0.5, 0.6) is 0 Å². The van der Waals surface area contributed by atoms with Crippen molar-refractivity contribution in [2.24, 2.45) is 0 Å². The zero-order chi connectivity index (χ0) is 35.0. The van der Waals surface area contributed by atoms with Crippen molar-refractivity contribution < 1.29 is 18.4 Å². The molecule has 0 aliphatic rings. The van der Waals surface area contributed by atoms with Crippen LogP contribution in [0.3, 0.4) is 0 Å². The Kier molecular flexibility index (Phi) is 13.6. The second-order valence-corrected chi connectivity index (χ2v) is 16.8. The van der Waals surface area contributed by atoms with Crippen LogP contribution in [0.15, 0.2) is 91.0 Å². The molecule has 0 bridgehead atoms. The van der Waals surface area contributed by atoms with Gasteiger partial charge in [-0.05, 0) is 119 Å². The third-order valence-corrected chi connectivity index (χ3v) is 9.33. The number of hydrogen-bond acceptors (Lipinski definition) is 7. The fraction of sp³-hybridized carbons (Fsp3) is 0.538. The summed E-state index contributed by atoms with van der Waals surface area (Å²) in [6.45, 7) is 24.8. The summed E-state index contributed by atoms with van der Waals surface area (Å²) in [6, 6.07) is 30.5. The van der Waals surface area contributed by atoms with Crippen molar-refractivity contribution in [2.45, 2.75) is 137 Å². The Morgan fingerprint density at radius 1 is 0.468 bits per heavy atom. The van der Waals surface area contributed by atoms with Gasteiger partial charge in [0.25, 0.3) is 0 Å². The lowest BCUT2D eigenvalue weighted by Gasteiger charge is -2.47. The van der Waals surface area contributed by atoms with Crippen LogP contribution >= 0.6 is 7.82 Å². The predicted octanol–water partition coefficient (Wildman–Crippen LogP) is 10.1. The van der Waals surface area contributed by atoms with Gasteiger partial charge in [-0.1, -0.05) is 91.0 Å². The second-order valence-electron chi connectivity index (χ2n) is 15.4. The van der Waals surface area contributed by atoms with Gasteiger partial charge in [0.2, 0.25) is 0 Å². The zero-order valence-electron chi connectivity index (χ0n) is 30.9. The van der Waals surface area contributed by atoms with Crippen LogP contribution in [0.25, 0.3) is 0 Å². The van der Waals surface area contributed by atoms with E-state index in [2.05, 4.69) is 77.9 Å². The number of hydrogen-bond donors (Lipinski definition) is 0. The van der Waals surface area contributed by atoms with Gasteiger partial charge < -0.3 is 0 Å². The third-order valence-electron chi connectivity index (χ3n) is 8.20. The van der Waals surface area contributed by atoms with Crippen LogP contribution in [-0.4, -0.2) is 49.9 Å². The lowest BCUT2D eigenvalue weighted by atomic mass is 9.93. The molecule has 0 aromatic heterocycles. The van der Waals surface area contributed by atoms with Gasteiger partial charge in [-0.15, -0.1) is 0 Å². The Morgan fingerprint density at radius 2 is 0.681 bits per heavy atom. The molecule has 0 saturated heterocycles. The SMILES string of the molecule is CC(C)N(OP(=O)(ON(C(C)C)C(C)(C)Cc1ccccc1)ON(C(C)C)C(C)(C)Cc1ccccc1)C(C)(C)Cc1ccccc1. The normalized spacial score (nSPS) is 13.6. The highest BCUT2D eigenvalue weighted by Crippen LogP contribution is 2.56. The number of phosphoric acid groups is 1. The molecule has 0 saturated carbocycles. The molecular weight excluding hydrogens is 605 g/mol. The van der Waals surface area contributed by atoms with E-state index in [0.717, 1.165) is 16.7 Å². The molecule has 8 heteroatoms. The van der Waals surface area contributed by atoms with E-state index in [-0.39, 0.29) is 18.1 Å². The molecule has 3 rings (SSSR count). The predicted molar refractivity (Wildman–Crippen MR) is 194 cm³/mol. The highest BCUT2D eigenvalue weighted by atomic mass is 31.2. The molecule has 7 nitrogen and oxygen atoms in total. The molecule has 260 valence electrons. The first kappa shape index (κ1) is 39.1. The van der Waals surface area contributed by atoms with Gasteiger partial charge >= 0.3 is 7.82 Å². The first-order valence-corrected chi connectivity index (χ1v) is 18.5. The molecule has 0 aliphatic heterocycles. The highest BCUT2D eigenvalue weighted by Gasteiger charge is 2.47. The summed E-state index contributed by atoms with van der Waals surface area (Å²) in [5.74, 6) is 0. The molecule has 0 spiro atoms. The van der Waals surface area contributed by atoms with Gasteiger partial charge in [0.05, 0.1) is 0 Å². The molecule has 0 unspecified atom stereocenters. The Labute approximate surface area is 285 Å². The lowest BCUT2D eigenvalue weighted by Crippen LogP contribution is -2.53. The molecule has 47 heavy (non-hydrogen) atoms. The van der Waals surface area contributed by atoms with Gasteiger partial charge in [0, 0.05) is 34.7 Å². The standard InChI is InChI=1S/C39H60N3O4P/c1-31(2)40(37(7,8)28-34-22-16-13-17-23-34)44-47(43,45-41(32(3)4)38(9,10)29-35-24-18-14-19-25-35)46-42(33(5)6)39(11,12)30-36-26-20-15-21-27-36/h13-27,31-33H,28-30H2,1-12H3. The number of hydroxylamine groups is 6. The molecule has 0 radical (unpaired) electrons. The zero-order valence-corrected chi connectivity index (χ0v) is 31.8. The maximum atomic E-state index is 15.5. The Morgan fingerprint density at radius 3 is 0.872 bits per heavy atom. The summed E-state index contributed by atoms with van der Waals surface area (Å²) in [5.41, 5.74) is 1.81. The van der Waals surface area contributed by atoms with Crippen LogP contribution in [-0.2, 0) is 37.7 Å². The minimum absolute atomic E-state index is 0.135. The van der Waals surface area contributed by atoms with Crippen molar-refractivity contribution in [3.63, 3.8) is 0 Å². The minimum Gasteiger partial charge on any atom is -0.223 e. The average Bonchev–Trinajstić information content (AvgIpc) is 2.98. The first-order valence-electron chi connectivity index (χ1n) is 17.0. The van der Waals surface area contributed by atoms with E-state index in [1.165, 1.54) is 0 Å². The van der Waals surface area contributed by atoms with Gasteiger partial charge in [-0.25, -0.2) is 4.57 Å². The molecule has 0 aliphatic carbocycles. The first-order chi connectivity index (χ1) is 21.9. The molecule has 3 aromatic carbocycles. The van der Waals surface area contributed by atoms with Crippen LogP contribution in [0.1, 0.15) is 99.8 Å². The highest BCUT2D eigenvalue weighted by molar-refractivity contribution is 7.48. The summed E-state index contributed by atoms with van der Waals surface area (Å²) in [5, 5.41) is 5.39. The average molecular weight is 666 g/mol.